The Morgan fingerprint density at radius 3 is 2.48 bits per heavy atom. The summed E-state index contributed by atoms with van der Waals surface area (Å²) in [6.07, 6.45) is 5.54. The third-order valence-electron chi connectivity index (χ3n) is 5.37. The first-order valence-electron chi connectivity index (χ1n) is 10.2. The van der Waals surface area contributed by atoms with Crippen LogP contribution in [0.5, 0.6) is 0 Å². The number of hydrogen-bond acceptors (Lipinski definition) is 4. The average Bonchev–Trinajstić information content (AvgIpc) is 3.00. The van der Waals surface area contributed by atoms with E-state index in [-0.39, 0.29) is 11.9 Å². The summed E-state index contributed by atoms with van der Waals surface area (Å²) in [6.45, 7) is 7.34. The second-order valence-corrected chi connectivity index (χ2v) is 7.07. The van der Waals surface area contributed by atoms with Crippen LogP contribution in [0.25, 0.3) is 0 Å². The molecule has 1 aliphatic rings. The topological polar surface area (TPSA) is 80.5 Å². The SMILES string of the molecule is CCOC(=O)C1CCC(NC(=NC)NCc2c(CC)nn(C)c2CC)CC1. The lowest BCUT2D eigenvalue weighted by molar-refractivity contribution is -0.149. The van der Waals surface area contributed by atoms with Gasteiger partial charge in [-0.25, -0.2) is 0 Å². The third-order valence-corrected chi connectivity index (χ3v) is 5.37. The maximum absolute atomic E-state index is 11.9. The highest BCUT2D eigenvalue weighted by atomic mass is 16.5. The summed E-state index contributed by atoms with van der Waals surface area (Å²) in [5.41, 5.74) is 3.69. The van der Waals surface area contributed by atoms with Crippen molar-refractivity contribution in [3.63, 3.8) is 0 Å². The van der Waals surface area contributed by atoms with Gasteiger partial charge in [0.25, 0.3) is 0 Å². The van der Waals surface area contributed by atoms with E-state index in [1.54, 1.807) is 7.05 Å². The van der Waals surface area contributed by atoms with E-state index in [9.17, 15) is 4.79 Å². The molecule has 7 heteroatoms. The lowest BCUT2D eigenvalue weighted by Crippen LogP contribution is -2.45. The van der Waals surface area contributed by atoms with E-state index < -0.39 is 0 Å². The van der Waals surface area contributed by atoms with Crippen LogP contribution in [0.3, 0.4) is 0 Å². The molecule has 0 spiro atoms. The highest BCUT2D eigenvalue weighted by Gasteiger charge is 2.27. The maximum atomic E-state index is 11.9. The van der Waals surface area contributed by atoms with Crippen LogP contribution >= 0.6 is 0 Å². The van der Waals surface area contributed by atoms with Gasteiger partial charge >= 0.3 is 5.97 Å². The molecule has 1 aromatic heterocycles. The molecule has 1 heterocycles. The smallest absolute Gasteiger partial charge is 0.308 e. The molecule has 7 nitrogen and oxygen atoms in total. The molecule has 2 N–H and O–H groups in total. The molecule has 0 atom stereocenters. The van der Waals surface area contributed by atoms with E-state index in [2.05, 4.69) is 34.6 Å². The van der Waals surface area contributed by atoms with Crippen LogP contribution in [0.15, 0.2) is 4.99 Å². The molecule has 0 aromatic carbocycles. The Hall–Kier alpha value is -2.05. The molecule has 0 amide bonds. The second-order valence-electron chi connectivity index (χ2n) is 7.07. The molecule has 1 aromatic rings. The maximum Gasteiger partial charge on any atom is 0.308 e. The summed E-state index contributed by atoms with van der Waals surface area (Å²) in [7, 11) is 3.81. The van der Waals surface area contributed by atoms with Crippen molar-refractivity contribution in [2.24, 2.45) is 18.0 Å². The lowest BCUT2D eigenvalue weighted by Gasteiger charge is -2.29. The fourth-order valence-electron chi connectivity index (χ4n) is 3.89. The number of aliphatic imine (C=N–C) groups is 1. The lowest BCUT2D eigenvalue weighted by atomic mass is 9.86. The molecule has 0 saturated heterocycles. The number of hydrogen-bond donors (Lipinski definition) is 2. The van der Waals surface area contributed by atoms with Gasteiger partial charge in [-0.3, -0.25) is 14.5 Å². The number of nitrogens with one attached hydrogen (secondary N) is 2. The zero-order valence-electron chi connectivity index (χ0n) is 17.5. The van der Waals surface area contributed by atoms with Gasteiger partial charge in [0.05, 0.1) is 18.2 Å². The minimum absolute atomic E-state index is 0.0470. The Labute approximate surface area is 163 Å². The van der Waals surface area contributed by atoms with Crippen molar-refractivity contribution in [1.82, 2.24) is 20.4 Å². The van der Waals surface area contributed by atoms with Crippen LogP contribution in [-0.2, 0) is 36.0 Å². The van der Waals surface area contributed by atoms with E-state index in [0.717, 1.165) is 56.7 Å². The van der Waals surface area contributed by atoms with Crippen molar-refractivity contribution < 1.29 is 9.53 Å². The summed E-state index contributed by atoms with van der Waals surface area (Å²) < 4.78 is 7.14. The Balaban J connectivity index is 1.88. The standard InChI is InChI=1S/C20H35N5O2/c1-6-17-16(18(7-2)25(5)24-17)13-22-20(21-4)23-15-11-9-14(10-12-15)19(26)27-8-3/h14-15H,6-13H2,1-5H3,(H2,21,22,23). The quantitative estimate of drug-likeness (QED) is 0.433. The molecule has 1 fully saturated rings. The van der Waals surface area contributed by atoms with E-state index in [4.69, 9.17) is 4.74 Å². The van der Waals surface area contributed by atoms with Gasteiger partial charge in [0.15, 0.2) is 5.96 Å². The van der Waals surface area contributed by atoms with Crippen molar-refractivity contribution in [1.29, 1.82) is 0 Å². The predicted octanol–water partition coefficient (Wildman–Crippen LogP) is 2.33. The third kappa shape index (κ3) is 5.47. The monoisotopic (exact) mass is 377 g/mol. The Bertz CT molecular complexity index is 645. The first-order chi connectivity index (χ1) is 13.0. The van der Waals surface area contributed by atoms with Gasteiger partial charge in [0, 0.05) is 37.9 Å². The summed E-state index contributed by atoms with van der Waals surface area (Å²) in [5.74, 6) is 0.810. The van der Waals surface area contributed by atoms with Gasteiger partial charge in [0.2, 0.25) is 0 Å². The zero-order chi connectivity index (χ0) is 19.8. The summed E-state index contributed by atoms with van der Waals surface area (Å²) in [4.78, 5) is 16.3. The van der Waals surface area contributed by atoms with Gasteiger partial charge in [-0.15, -0.1) is 0 Å². The van der Waals surface area contributed by atoms with Crippen LogP contribution in [0, 0.1) is 5.92 Å². The van der Waals surface area contributed by atoms with E-state index in [1.807, 2.05) is 18.7 Å². The van der Waals surface area contributed by atoms with Crippen molar-refractivity contribution in [2.75, 3.05) is 13.7 Å². The van der Waals surface area contributed by atoms with Crippen LogP contribution in [0.2, 0.25) is 0 Å². The number of ether oxygens (including phenoxy) is 1. The van der Waals surface area contributed by atoms with E-state index in [1.165, 1.54) is 11.3 Å². The average molecular weight is 378 g/mol. The first-order valence-corrected chi connectivity index (χ1v) is 10.2. The zero-order valence-corrected chi connectivity index (χ0v) is 17.5. The highest BCUT2D eigenvalue weighted by Crippen LogP contribution is 2.25. The Morgan fingerprint density at radius 2 is 1.93 bits per heavy atom. The summed E-state index contributed by atoms with van der Waals surface area (Å²) in [5, 5.41) is 11.6. The number of esters is 1. The number of rotatable bonds is 7. The van der Waals surface area contributed by atoms with E-state index >= 15 is 0 Å². The molecule has 27 heavy (non-hydrogen) atoms. The number of aromatic nitrogens is 2. The molecule has 152 valence electrons. The summed E-state index contributed by atoms with van der Waals surface area (Å²) in [6, 6.07) is 0.340. The minimum Gasteiger partial charge on any atom is -0.466 e. The van der Waals surface area contributed by atoms with Crippen LogP contribution in [0.4, 0.5) is 0 Å². The molecular formula is C20H35N5O2. The predicted molar refractivity (Wildman–Crippen MR) is 108 cm³/mol. The Kier molecular flexibility index (Phi) is 8.13. The number of aryl methyl sites for hydroxylation is 2. The molecule has 0 radical (unpaired) electrons. The molecule has 0 aliphatic heterocycles. The van der Waals surface area contributed by atoms with Crippen molar-refractivity contribution in [2.45, 2.75) is 71.9 Å². The molecule has 1 saturated carbocycles. The number of carbonyl (C=O) groups is 1. The molecule has 0 bridgehead atoms. The minimum atomic E-state index is -0.0470. The highest BCUT2D eigenvalue weighted by molar-refractivity contribution is 5.80. The second kappa shape index (κ2) is 10.3. The molecular weight excluding hydrogens is 342 g/mol. The van der Waals surface area contributed by atoms with Gasteiger partial charge in [-0.05, 0) is 45.4 Å². The first kappa shape index (κ1) is 21.3. The van der Waals surface area contributed by atoms with Gasteiger partial charge in [-0.2, -0.15) is 5.10 Å². The molecule has 0 unspecified atom stereocenters. The fraction of sp³-hybridized carbons (Fsp3) is 0.750. The van der Waals surface area contributed by atoms with Gasteiger partial charge in [0.1, 0.15) is 0 Å². The number of carbonyl (C=O) groups excluding carboxylic acids is 1. The van der Waals surface area contributed by atoms with Crippen molar-refractivity contribution in [3.05, 3.63) is 17.0 Å². The largest absolute Gasteiger partial charge is 0.466 e. The van der Waals surface area contributed by atoms with Crippen molar-refractivity contribution >= 4 is 11.9 Å². The Morgan fingerprint density at radius 1 is 1.22 bits per heavy atom. The van der Waals surface area contributed by atoms with Crippen molar-refractivity contribution in [3.8, 4) is 0 Å². The normalized spacial score (nSPS) is 20.4. The fourth-order valence-corrected chi connectivity index (χ4v) is 3.89. The number of guanidine groups is 1. The van der Waals surface area contributed by atoms with E-state index in [0.29, 0.717) is 12.6 Å². The van der Waals surface area contributed by atoms with Crippen LogP contribution in [0.1, 0.15) is 63.4 Å². The molecule has 1 aliphatic carbocycles. The number of nitrogens with zero attached hydrogens (tertiary/aromatic N) is 3. The van der Waals surface area contributed by atoms with Gasteiger partial charge < -0.3 is 15.4 Å². The van der Waals surface area contributed by atoms with Gasteiger partial charge in [-0.1, -0.05) is 13.8 Å². The van der Waals surface area contributed by atoms with Crippen LogP contribution < -0.4 is 10.6 Å². The molecule has 2 rings (SSSR count). The van der Waals surface area contributed by atoms with Crippen LogP contribution in [-0.4, -0.2) is 41.4 Å². The summed E-state index contributed by atoms with van der Waals surface area (Å²) >= 11 is 0.